The highest BCUT2D eigenvalue weighted by molar-refractivity contribution is 7.86. The first-order valence-corrected chi connectivity index (χ1v) is 17.9. The molecule has 43 heavy (non-hydrogen) atoms. The van der Waals surface area contributed by atoms with Crippen molar-refractivity contribution in [3.05, 3.63) is 68.4 Å². The van der Waals surface area contributed by atoms with E-state index in [9.17, 15) is 25.9 Å². The van der Waals surface area contributed by atoms with Crippen molar-refractivity contribution in [2.45, 2.75) is 44.4 Å². The van der Waals surface area contributed by atoms with Crippen LogP contribution in [-0.2, 0) is 20.2 Å². The number of rotatable bonds is 10. The molecular formula is C27H32Cl4N4O6S2. The molecule has 236 valence electrons. The van der Waals surface area contributed by atoms with Crippen molar-refractivity contribution in [1.29, 1.82) is 0 Å². The quantitative estimate of drug-likeness (QED) is 0.262. The Kier molecular flexibility index (Phi) is 10.1. The standard InChI is InChI=1S/C27H32Cl4N4O6S2/c1-5-32-22-10-18(28)20(30)12-24(22)34(14-16(3)42(36,37)38)26(32)8-7-9-27-33(6-2)23-11-19(29)21(31)13-25(23)35(27)15-17(4)43(39,40)41/h7-13,16-17,26H,5-6,14-15H2,1-4H3,(H,36,37,38)(H,39,40,41)/b8-7+,27-9+. The minimum atomic E-state index is -4.34. The van der Waals surface area contributed by atoms with Crippen molar-refractivity contribution >= 4 is 89.4 Å². The third-order valence-corrected chi connectivity index (χ3v) is 11.3. The fraction of sp³-hybridized carbons (Fsp3) is 0.407. The number of nitrogens with zero attached hydrogens (tertiary/aromatic N) is 4. The second-order valence-corrected chi connectivity index (χ2v) is 15.6. The van der Waals surface area contributed by atoms with Crippen LogP contribution in [0.15, 0.2) is 48.3 Å². The molecule has 0 spiro atoms. The van der Waals surface area contributed by atoms with Crippen molar-refractivity contribution in [2.75, 3.05) is 45.8 Å². The van der Waals surface area contributed by atoms with Crippen molar-refractivity contribution in [1.82, 2.24) is 0 Å². The van der Waals surface area contributed by atoms with E-state index in [1.165, 1.54) is 13.8 Å². The molecule has 0 saturated carbocycles. The zero-order chi connectivity index (χ0) is 32.0. The summed E-state index contributed by atoms with van der Waals surface area (Å²) in [4.78, 5) is 7.54. The monoisotopic (exact) mass is 712 g/mol. The molecule has 4 rings (SSSR count). The number of likely N-dealkylation sites (N-methyl/N-ethyl adjacent to an activating group) is 1. The minimum Gasteiger partial charge on any atom is -0.346 e. The predicted molar refractivity (Wildman–Crippen MR) is 177 cm³/mol. The lowest BCUT2D eigenvalue weighted by molar-refractivity contribution is 0.467. The van der Waals surface area contributed by atoms with Gasteiger partial charge in [0.1, 0.15) is 22.5 Å². The maximum absolute atomic E-state index is 12.0. The van der Waals surface area contributed by atoms with Crippen LogP contribution in [0.5, 0.6) is 0 Å². The summed E-state index contributed by atoms with van der Waals surface area (Å²) in [6.45, 7) is 7.65. The molecule has 2 aromatic carbocycles. The van der Waals surface area contributed by atoms with Gasteiger partial charge >= 0.3 is 0 Å². The van der Waals surface area contributed by atoms with Gasteiger partial charge in [-0.05, 0) is 64.1 Å². The van der Waals surface area contributed by atoms with Crippen molar-refractivity contribution in [3.8, 4) is 0 Å². The molecule has 10 nitrogen and oxygen atoms in total. The summed E-state index contributed by atoms with van der Waals surface area (Å²) in [6.07, 6.45) is 4.95. The second kappa shape index (κ2) is 12.8. The van der Waals surface area contributed by atoms with Crippen LogP contribution in [0.1, 0.15) is 27.7 Å². The molecule has 2 aliphatic heterocycles. The summed E-state index contributed by atoms with van der Waals surface area (Å²) in [5.74, 6) is 0.616. The molecule has 0 amide bonds. The lowest BCUT2D eigenvalue weighted by Gasteiger charge is -2.31. The second-order valence-electron chi connectivity index (χ2n) is 10.3. The van der Waals surface area contributed by atoms with Crippen LogP contribution in [0, 0.1) is 0 Å². The van der Waals surface area contributed by atoms with E-state index in [2.05, 4.69) is 0 Å². The van der Waals surface area contributed by atoms with Gasteiger partial charge in [-0.2, -0.15) is 16.8 Å². The first-order valence-electron chi connectivity index (χ1n) is 13.4. The highest BCUT2D eigenvalue weighted by atomic mass is 35.5. The molecule has 16 heteroatoms. The number of allylic oxidation sites excluding steroid dienone is 2. The van der Waals surface area contributed by atoms with Crippen LogP contribution in [0.25, 0.3) is 0 Å². The fourth-order valence-electron chi connectivity index (χ4n) is 5.23. The molecule has 0 radical (unpaired) electrons. The first kappa shape index (κ1) is 34.0. The van der Waals surface area contributed by atoms with Gasteiger partial charge in [0.25, 0.3) is 20.2 Å². The summed E-state index contributed by atoms with van der Waals surface area (Å²) in [7, 11) is -8.67. The maximum atomic E-state index is 12.0. The molecule has 3 atom stereocenters. The highest BCUT2D eigenvalue weighted by Gasteiger charge is 2.37. The van der Waals surface area contributed by atoms with E-state index in [-0.39, 0.29) is 13.1 Å². The molecule has 2 aliphatic rings. The van der Waals surface area contributed by atoms with Crippen molar-refractivity contribution in [3.63, 3.8) is 0 Å². The van der Waals surface area contributed by atoms with Crippen LogP contribution < -0.4 is 19.6 Å². The van der Waals surface area contributed by atoms with Gasteiger partial charge in [-0.25, -0.2) is 0 Å². The first-order chi connectivity index (χ1) is 20.0. The van der Waals surface area contributed by atoms with E-state index < -0.39 is 36.9 Å². The van der Waals surface area contributed by atoms with Gasteiger partial charge in [0.15, 0.2) is 0 Å². The van der Waals surface area contributed by atoms with Crippen molar-refractivity contribution < 1.29 is 25.9 Å². The number of hydrogen-bond acceptors (Lipinski definition) is 8. The maximum Gasteiger partial charge on any atom is 0.269 e. The molecule has 2 N–H and O–H groups in total. The SMILES string of the molecule is CCN1/C(=C\C=C\C2N(CC)c3cc(Cl)c(Cl)cc3N2CC(C)S(=O)(=O)O)N(CC(C)S(=O)(=O)O)c2cc(Cl)c(Cl)cc21. The fourth-order valence-corrected chi connectivity index (χ4v) is 6.55. The summed E-state index contributed by atoms with van der Waals surface area (Å²) >= 11 is 25.3. The molecule has 3 unspecified atom stereocenters. The van der Waals surface area contributed by atoms with Crippen LogP contribution in [0.4, 0.5) is 22.7 Å². The average Bonchev–Trinajstić information content (AvgIpc) is 3.34. The van der Waals surface area contributed by atoms with Gasteiger partial charge in [-0.15, -0.1) is 0 Å². The van der Waals surface area contributed by atoms with E-state index in [0.29, 0.717) is 50.4 Å². The van der Waals surface area contributed by atoms with Crippen LogP contribution >= 0.6 is 46.4 Å². The average molecular weight is 715 g/mol. The predicted octanol–water partition coefficient (Wildman–Crippen LogP) is 6.57. The Balaban J connectivity index is 1.79. The Labute approximate surface area is 272 Å². The molecule has 2 heterocycles. The molecular weight excluding hydrogens is 682 g/mol. The summed E-state index contributed by atoms with van der Waals surface area (Å²) < 4.78 is 67.3. The number of fused-ring (bicyclic) bond motifs is 2. The molecule has 0 aromatic heterocycles. The topological polar surface area (TPSA) is 122 Å². The lowest BCUT2D eigenvalue weighted by atomic mass is 10.2. The van der Waals surface area contributed by atoms with E-state index in [1.807, 2.05) is 34.6 Å². The molecule has 0 aliphatic carbocycles. The van der Waals surface area contributed by atoms with Gasteiger partial charge in [-0.1, -0.05) is 52.5 Å². The Bertz CT molecular complexity index is 1690. The zero-order valence-electron chi connectivity index (χ0n) is 23.7. The minimum absolute atomic E-state index is 0.0343. The molecule has 0 bridgehead atoms. The molecule has 2 aromatic rings. The Morgan fingerprint density at radius 3 is 1.63 bits per heavy atom. The molecule has 0 saturated heterocycles. The number of anilines is 4. The van der Waals surface area contributed by atoms with Gasteiger partial charge in [0.2, 0.25) is 0 Å². The summed E-state index contributed by atoms with van der Waals surface area (Å²) in [5, 5.41) is -0.950. The van der Waals surface area contributed by atoms with E-state index >= 15 is 0 Å². The third-order valence-electron chi connectivity index (χ3n) is 7.52. The van der Waals surface area contributed by atoms with Gasteiger partial charge in [-0.3, -0.25) is 9.11 Å². The van der Waals surface area contributed by atoms with Gasteiger partial charge in [0, 0.05) is 26.2 Å². The van der Waals surface area contributed by atoms with Gasteiger partial charge < -0.3 is 19.6 Å². The number of benzene rings is 2. The number of hydrogen-bond donors (Lipinski definition) is 2. The van der Waals surface area contributed by atoms with E-state index in [0.717, 1.165) is 11.4 Å². The van der Waals surface area contributed by atoms with E-state index in [4.69, 9.17) is 46.4 Å². The van der Waals surface area contributed by atoms with Crippen molar-refractivity contribution in [2.24, 2.45) is 0 Å². The Hall–Kier alpha value is -1.90. The highest BCUT2D eigenvalue weighted by Crippen LogP contribution is 2.47. The normalized spacial score (nSPS) is 19.5. The van der Waals surface area contributed by atoms with E-state index in [1.54, 1.807) is 41.3 Å². The zero-order valence-corrected chi connectivity index (χ0v) is 28.4. The van der Waals surface area contributed by atoms with Crippen LogP contribution in [-0.4, -0.2) is 68.8 Å². The Morgan fingerprint density at radius 2 is 1.16 bits per heavy atom. The third kappa shape index (κ3) is 6.86. The summed E-state index contributed by atoms with van der Waals surface area (Å²) in [6, 6.07) is 6.75. The lowest BCUT2D eigenvalue weighted by Crippen LogP contribution is -2.45. The smallest absolute Gasteiger partial charge is 0.269 e. The number of halogens is 4. The summed E-state index contributed by atoms with van der Waals surface area (Å²) in [5.41, 5.74) is 2.75. The largest absolute Gasteiger partial charge is 0.346 e. The molecule has 0 fully saturated rings. The Morgan fingerprint density at radius 1 is 0.721 bits per heavy atom. The van der Waals surface area contributed by atoms with Gasteiger partial charge in [0.05, 0.1) is 42.8 Å². The van der Waals surface area contributed by atoms with Crippen LogP contribution in [0.3, 0.4) is 0 Å². The van der Waals surface area contributed by atoms with Crippen LogP contribution in [0.2, 0.25) is 20.1 Å².